The van der Waals surface area contributed by atoms with Gasteiger partial charge in [-0.2, -0.15) is 0 Å². The maximum Gasteiger partial charge on any atom is 0.253 e. The highest BCUT2D eigenvalue weighted by Gasteiger charge is 2.50. The summed E-state index contributed by atoms with van der Waals surface area (Å²) in [6, 6.07) is 4.12. The van der Waals surface area contributed by atoms with Crippen LogP contribution in [0.5, 0.6) is 0 Å². The fourth-order valence-corrected chi connectivity index (χ4v) is 4.29. The molecule has 25 heavy (non-hydrogen) atoms. The number of nitrogens with zero attached hydrogens (tertiary/aromatic N) is 2. The molecule has 0 radical (unpaired) electrons. The van der Waals surface area contributed by atoms with Gasteiger partial charge in [-0.15, -0.1) is 0 Å². The maximum atomic E-state index is 13.7. The zero-order valence-corrected chi connectivity index (χ0v) is 14.9. The highest BCUT2D eigenvalue weighted by molar-refractivity contribution is 6.30. The van der Waals surface area contributed by atoms with Gasteiger partial charge in [0.1, 0.15) is 5.82 Å². The van der Waals surface area contributed by atoms with Crippen molar-refractivity contribution < 1.29 is 14.0 Å². The highest BCUT2D eigenvalue weighted by atomic mass is 35.5. The number of rotatable bonds is 3. The summed E-state index contributed by atoms with van der Waals surface area (Å²) < 4.78 is 13.7. The summed E-state index contributed by atoms with van der Waals surface area (Å²) in [5.41, 5.74) is -0.148. The average Bonchev–Trinajstić information content (AvgIpc) is 3.32. The van der Waals surface area contributed by atoms with Crippen LogP contribution in [-0.2, 0) is 4.79 Å². The van der Waals surface area contributed by atoms with Crippen molar-refractivity contribution in [1.29, 1.82) is 0 Å². The van der Waals surface area contributed by atoms with E-state index in [0.717, 1.165) is 25.9 Å². The number of benzene rings is 1. The molecule has 1 aliphatic carbocycles. The van der Waals surface area contributed by atoms with E-state index >= 15 is 0 Å². The summed E-state index contributed by atoms with van der Waals surface area (Å²) in [6.45, 7) is 2.70. The summed E-state index contributed by atoms with van der Waals surface area (Å²) >= 11 is 5.69. The van der Waals surface area contributed by atoms with Gasteiger partial charge in [0.25, 0.3) is 5.91 Å². The fourth-order valence-electron chi connectivity index (χ4n) is 4.17. The van der Waals surface area contributed by atoms with Gasteiger partial charge in [0.15, 0.2) is 0 Å². The van der Waals surface area contributed by atoms with Gasteiger partial charge in [-0.05, 0) is 56.2 Å². The van der Waals surface area contributed by atoms with E-state index in [1.165, 1.54) is 25.0 Å². The van der Waals surface area contributed by atoms with Crippen molar-refractivity contribution in [1.82, 2.24) is 9.80 Å². The molecule has 1 aromatic carbocycles. The Balaban J connectivity index is 1.48. The van der Waals surface area contributed by atoms with Gasteiger partial charge in [0, 0.05) is 31.7 Å². The van der Waals surface area contributed by atoms with Crippen LogP contribution in [0.3, 0.4) is 0 Å². The fraction of sp³-hybridized carbons (Fsp3) is 0.579. The molecule has 0 unspecified atom stereocenters. The normalized spacial score (nSPS) is 26.6. The third-order valence-electron chi connectivity index (χ3n) is 5.81. The Morgan fingerprint density at radius 3 is 2.80 bits per heavy atom. The standard InChI is InChI=1S/C19H22ClFN2O2/c20-15-5-4-14(10-16(15)21)17(24)23-9-7-19(12-23)6-1-8-22(18(19)25)11-13-2-3-13/h4-5,10,13H,1-3,6-9,11-12H2/t19-/m0/s1. The molecule has 1 saturated carbocycles. The third kappa shape index (κ3) is 3.14. The van der Waals surface area contributed by atoms with Gasteiger partial charge in [0.2, 0.25) is 5.91 Å². The van der Waals surface area contributed by atoms with Gasteiger partial charge >= 0.3 is 0 Å². The first-order valence-corrected chi connectivity index (χ1v) is 9.40. The molecule has 3 fully saturated rings. The van der Waals surface area contributed by atoms with Crippen molar-refractivity contribution >= 4 is 23.4 Å². The number of carbonyl (C=O) groups is 2. The lowest BCUT2D eigenvalue weighted by Crippen LogP contribution is -2.50. The van der Waals surface area contributed by atoms with Crippen LogP contribution >= 0.6 is 11.6 Å². The average molecular weight is 365 g/mol. The minimum Gasteiger partial charge on any atom is -0.342 e. The van der Waals surface area contributed by atoms with Crippen LogP contribution in [0, 0.1) is 17.2 Å². The molecule has 2 amide bonds. The van der Waals surface area contributed by atoms with Crippen LogP contribution < -0.4 is 0 Å². The van der Waals surface area contributed by atoms with Gasteiger partial charge in [-0.25, -0.2) is 4.39 Å². The van der Waals surface area contributed by atoms with Crippen LogP contribution in [0.4, 0.5) is 4.39 Å². The van der Waals surface area contributed by atoms with Crippen molar-refractivity contribution in [2.45, 2.75) is 32.1 Å². The summed E-state index contributed by atoms with van der Waals surface area (Å²) in [5, 5.41) is 0.00705. The van der Waals surface area contributed by atoms with E-state index in [1.807, 2.05) is 4.90 Å². The predicted octanol–water partition coefficient (Wildman–Crippen LogP) is 3.34. The number of likely N-dealkylation sites (tertiary alicyclic amines) is 2. The van der Waals surface area contributed by atoms with Crippen LogP contribution in [0.25, 0.3) is 0 Å². The molecule has 3 aliphatic rings. The van der Waals surface area contributed by atoms with E-state index < -0.39 is 11.2 Å². The lowest BCUT2D eigenvalue weighted by Gasteiger charge is -2.39. The molecule has 134 valence electrons. The second-order valence-corrected chi connectivity index (χ2v) is 8.09. The molecule has 0 bridgehead atoms. The molecule has 1 spiro atoms. The van der Waals surface area contributed by atoms with Crippen LogP contribution in [0.2, 0.25) is 5.02 Å². The second kappa shape index (κ2) is 6.27. The molecule has 2 heterocycles. The quantitative estimate of drug-likeness (QED) is 0.825. The maximum absolute atomic E-state index is 13.7. The molecule has 0 N–H and O–H groups in total. The van der Waals surface area contributed by atoms with E-state index in [2.05, 4.69) is 0 Å². The Hall–Kier alpha value is -1.62. The molecule has 1 atom stereocenters. The number of carbonyl (C=O) groups excluding carboxylic acids is 2. The summed E-state index contributed by atoms with van der Waals surface area (Å²) in [5.74, 6) is 0.0730. The highest BCUT2D eigenvalue weighted by Crippen LogP contribution is 2.42. The lowest BCUT2D eigenvalue weighted by atomic mass is 9.78. The van der Waals surface area contributed by atoms with E-state index in [9.17, 15) is 14.0 Å². The van der Waals surface area contributed by atoms with Gasteiger partial charge in [-0.3, -0.25) is 9.59 Å². The predicted molar refractivity (Wildman–Crippen MR) is 92.9 cm³/mol. The molecule has 1 aromatic rings. The second-order valence-electron chi connectivity index (χ2n) is 7.68. The summed E-state index contributed by atoms with van der Waals surface area (Å²) in [4.78, 5) is 29.4. The van der Waals surface area contributed by atoms with Crippen LogP contribution in [0.15, 0.2) is 18.2 Å². The first-order chi connectivity index (χ1) is 12.0. The Kier molecular flexibility index (Phi) is 4.22. The van der Waals surface area contributed by atoms with Crippen molar-refractivity contribution in [2.24, 2.45) is 11.3 Å². The number of hydrogen-bond donors (Lipinski definition) is 0. The van der Waals surface area contributed by atoms with E-state index in [4.69, 9.17) is 11.6 Å². The molecular formula is C19H22ClFN2O2. The van der Waals surface area contributed by atoms with E-state index in [0.29, 0.717) is 25.4 Å². The molecule has 4 nitrogen and oxygen atoms in total. The molecule has 6 heteroatoms. The number of piperidine rings is 1. The molecule has 2 aliphatic heterocycles. The van der Waals surface area contributed by atoms with Gasteiger partial charge in [0.05, 0.1) is 10.4 Å². The molecular weight excluding hydrogens is 343 g/mol. The Bertz CT molecular complexity index is 721. The van der Waals surface area contributed by atoms with Gasteiger partial charge in [-0.1, -0.05) is 11.6 Å². The summed E-state index contributed by atoms with van der Waals surface area (Å²) in [6.07, 6.45) is 4.99. The monoisotopic (exact) mass is 364 g/mol. The smallest absolute Gasteiger partial charge is 0.253 e. The number of hydrogen-bond acceptors (Lipinski definition) is 2. The Morgan fingerprint density at radius 2 is 2.08 bits per heavy atom. The molecule has 0 aromatic heterocycles. The third-order valence-corrected chi connectivity index (χ3v) is 6.11. The van der Waals surface area contributed by atoms with Crippen LogP contribution in [0.1, 0.15) is 42.5 Å². The first-order valence-electron chi connectivity index (χ1n) is 9.02. The van der Waals surface area contributed by atoms with E-state index in [-0.39, 0.29) is 22.4 Å². The van der Waals surface area contributed by atoms with Crippen molar-refractivity contribution in [3.63, 3.8) is 0 Å². The Morgan fingerprint density at radius 1 is 1.28 bits per heavy atom. The van der Waals surface area contributed by atoms with Crippen molar-refractivity contribution in [3.05, 3.63) is 34.6 Å². The topological polar surface area (TPSA) is 40.6 Å². The number of halogens is 2. The van der Waals surface area contributed by atoms with Gasteiger partial charge < -0.3 is 9.80 Å². The number of amides is 2. The summed E-state index contributed by atoms with van der Waals surface area (Å²) in [7, 11) is 0. The molecule has 4 rings (SSSR count). The zero-order chi connectivity index (χ0) is 17.6. The van der Waals surface area contributed by atoms with Crippen molar-refractivity contribution in [3.8, 4) is 0 Å². The SMILES string of the molecule is O=C(c1ccc(Cl)c(F)c1)N1CC[C@@]2(CCCN(CC3CC3)C2=O)C1. The Labute approximate surface area is 151 Å². The molecule has 2 saturated heterocycles. The largest absolute Gasteiger partial charge is 0.342 e. The minimum atomic E-state index is -0.592. The minimum absolute atomic E-state index is 0.00705. The van der Waals surface area contributed by atoms with E-state index in [1.54, 1.807) is 11.0 Å². The first kappa shape index (κ1) is 16.8. The van der Waals surface area contributed by atoms with Crippen molar-refractivity contribution in [2.75, 3.05) is 26.2 Å². The lowest BCUT2D eigenvalue weighted by molar-refractivity contribution is -0.145. The van der Waals surface area contributed by atoms with Crippen LogP contribution in [-0.4, -0.2) is 47.8 Å². The zero-order valence-electron chi connectivity index (χ0n) is 14.1.